The zero-order valence-electron chi connectivity index (χ0n) is 20.0. The van der Waals surface area contributed by atoms with Crippen molar-refractivity contribution in [2.24, 2.45) is 29.6 Å². The molecule has 33 heavy (non-hydrogen) atoms. The summed E-state index contributed by atoms with van der Waals surface area (Å²) in [4.78, 5) is 0. The number of ether oxygens (including phenoxy) is 2. The lowest BCUT2D eigenvalue weighted by atomic mass is 9.85. The van der Waals surface area contributed by atoms with Crippen LogP contribution in [-0.2, 0) is 22.7 Å². The Hall–Kier alpha value is -2.16. The maximum atomic E-state index is 6.29. The molecule has 4 rings (SSSR count). The normalized spacial score (nSPS) is 26.1. The van der Waals surface area contributed by atoms with Crippen molar-refractivity contribution < 1.29 is 9.47 Å². The van der Waals surface area contributed by atoms with Crippen LogP contribution < -0.4 is 0 Å². The summed E-state index contributed by atoms with van der Waals surface area (Å²) in [6, 6.07) is 21.0. The lowest BCUT2D eigenvalue weighted by Crippen LogP contribution is -2.26. The van der Waals surface area contributed by atoms with E-state index in [4.69, 9.17) is 9.47 Å². The summed E-state index contributed by atoms with van der Waals surface area (Å²) >= 11 is 0. The quantitative estimate of drug-likeness (QED) is 0.332. The molecular weight excluding hydrogens is 404 g/mol. The Balaban J connectivity index is 1.40. The van der Waals surface area contributed by atoms with E-state index in [1.807, 2.05) is 0 Å². The molecule has 2 fully saturated rings. The van der Waals surface area contributed by atoms with Crippen molar-refractivity contribution in [3.63, 3.8) is 0 Å². The van der Waals surface area contributed by atoms with Crippen LogP contribution in [0, 0.1) is 29.6 Å². The minimum Gasteiger partial charge on any atom is -0.376 e. The van der Waals surface area contributed by atoms with Gasteiger partial charge in [-0.1, -0.05) is 98.2 Å². The predicted molar refractivity (Wildman–Crippen MR) is 137 cm³/mol. The molecule has 4 atom stereocenters. The van der Waals surface area contributed by atoms with Gasteiger partial charge in [0.1, 0.15) is 0 Å². The summed E-state index contributed by atoms with van der Waals surface area (Å²) in [7, 11) is 0. The molecule has 0 aromatic heterocycles. The van der Waals surface area contributed by atoms with Gasteiger partial charge < -0.3 is 9.47 Å². The van der Waals surface area contributed by atoms with E-state index >= 15 is 0 Å². The summed E-state index contributed by atoms with van der Waals surface area (Å²) < 4.78 is 12.5. The predicted octanol–water partition coefficient (Wildman–Crippen LogP) is 7.61. The molecular formula is C31H40O2. The fourth-order valence-corrected chi connectivity index (χ4v) is 5.69. The smallest absolute Gasteiger partial charge is 0.0717 e. The minimum atomic E-state index is 0.447. The third kappa shape index (κ3) is 7.16. The Kier molecular flexibility index (Phi) is 9.38. The lowest BCUT2D eigenvalue weighted by Gasteiger charge is -2.26. The summed E-state index contributed by atoms with van der Waals surface area (Å²) in [6.45, 7) is 7.07. The summed E-state index contributed by atoms with van der Waals surface area (Å²) in [6.07, 6.45) is 15.3. The van der Waals surface area contributed by atoms with Crippen LogP contribution in [0.4, 0.5) is 0 Å². The SMILES string of the molecule is C=C[C@@H]1C[C@H](/C=C/C2CCCCC2)[C@H](COCc2ccccc2)[C@@H]1COCc1ccccc1. The van der Waals surface area contributed by atoms with Crippen LogP contribution in [0.15, 0.2) is 85.5 Å². The molecule has 0 N–H and O–H groups in total. The van der Waals surface area contributed by atoms with Gasteiger partial charge in [-0.15, -0.1) is 6.58 Å². The van der Waals surface area contributed by atoms with Crippen LogP contribution in [0.25, 0.3) is 0 Å². The number of allylic oxidation sites excluding steroid dienone is 3. The van der Waals surface area contributed by atoms with E-state index in [9.17, 15) is 0 Å². The topological polar surface area (TPSA) is 18.5 Å². The Morgan fingerprint density at radius 1 is 0.697 bits per heavy atom. The lowest BCUT2D eigenvalue weighted by molar-refractivity contribution is 0.0203. The van der Waals surface area contributed by atoms with Crippen LogP contribution in [0.2, 0.25) is 0 Å². The zero-order valence-corrected chi connectivity index (χ0v) is 20.0. The number of benzene rings is 2. The van der Waals surface area contributed by atoms with E-state index in [1.165, 1.54) is 43.2 Å². The van der Waals surface area contributed by atoms with E-state index in [0.29, 0.717) is 36.9 Å². The fourth-order valence-electron chi connectivity index (χ4n) is 5.69. The molecule has 0 bridgehead atoms. The highest BCUT2D eigenvalue weighted by Crippen LogP contribution is 2.44. The molecule has 0 spiro atoms. The fraction of sp³-hybridized carbons (Fsp3) is 0.484. The van der Waals surface area contributed by atoms with Gasteiger partial charge in [-0.3, -0.25) is 0 Å². The maximum Gasteiger partial charge on any atom is 0.0717 e. The molecule has 2 heteroatoms. The highest BCUT2D eigenvalue weighted by Gasteiger charge is 2.41. The monoisotopic (exact) mass is 444 g/mol. The first-order chi connectivity index (χ1) is 16.3. The van der Waals surface area contributed by atoms with E-state index < -0.39 is 0 Å². The number of rotatable bonds is 11. The van der Waals surface area contributed by atoms with E-state index in [1.54, 1.807) is 0 Å². The molecule has 0 heterocycles. The second kappa shape index (κ2) is 12.9. The van der Waals surface area contributed by atoms with E-state index in [-0.39, 0.29) is 0 Å². The molecule has 0 radical (unpaired) electrons. The third-order valence-electron chi connectivity index (χ3n) is 7.62. The standard InChI is InChI=1S/C31H40O2/c1-2-28-20-29(19-18-25-12-6-3-7-13-25)31(24-33-22-27-16-10-5-11-17-27)30(28)23-32-21-26-14-8-4-9-15-26/h2,4-5,8-11,14-19,25,28-31H,1,3,6-7,12-13,20-24H2/b19-18+/t28-,29+,30-,31+/m1/s1. The molecule has 2 nitrogen and oxygen atoms in total. The first-order valence-corrected chi connectivity index (χ1v) is 12.9. The van der Waals surface area contributed by atoms with Gasteiger partial charge in [0, 0.05) is 0 Å². The van der Waals surface area contributed by atoms with Crippen molar-refractivity contribution in [3.05, 3.63) is 96.6 Å². The molecule has 2 aromatic rings. The molecule has 0 amide bonds. The van der Waals surface area contributed by atoms with Crippen LogP contribution in [0.5, 0.6) is 0 Å². The molecule has 2 saturated carbocycles. The zero-order chi connectivity index (χ0) is 22.7. The summed E-state index contributed by atoms with van der Waals surface area (Å²) in [5.41, 5.74) is 2.47. The van der Waals surface area contributed by atoms with Gasteiger partial charge in [0.05, 0.1) is 26.4 Å². The Morgan fingerprint density at radius 3 is 1.79 bits per heavy atom. The van der Waals surface area contributed by atoms with E-state index in [0.717, 1.165) is 25.6 Å². The largest absolute Gasteiger partial charge is 0.376 e. The van der Waals surface area contributed by atoms with Crippen molar-refractivity contribution in [3.8, 4) is 0 Å². The first-order valence-electron chi connectivity index (χ1n) is 12.9. The van der Waals surface area contributed by atoms with Gasteiger partial charge in [-0.2, -0.15) is 0 Å². The van der Waals surface area contributed by atoms with Crippen LogP contribution in [-0.4, -0.2) is 13.2 Å². The van der Waals surface area contributed by atoms with Gasteiger partial charge in [-0.05, 0) is 60.0 Å². The average Bonchev–Trinajstić information content (AvgIpc) is 3.21. The number of hydrogen-bond acceptors (Lipinski definition) is 2. The molecule has 0 unspecified atom stereocenters. The van der Waals surface area contributed by atoms with Gasteiger partial charge in [0.15, 0.2) is 0 Å². The molecule has 2 aliphatic rings. The second-order valence-electron chi connectivity index (χ2n) is 9.91. The van der Waals surface area contributed by atoms with Crippen LogP contribution >= 0.6 is 0 Å². The van der Waals surface area contributed by atoms with Gasteiger partial charge >= 0.3 is 0 Å². The van der Waals surface area contributed by atoms with Gasteiger partial charge in [0.25, 0.3) is 0 Å². The Bertz CT molecular complexity index is 838. The highest BCUT2D eigenvalue weighted by atomic mass is 16.5. The Labute approximate surface area is 200 Å². The summed E-state index contributed by atoms with van der Waals surface area (Å²) in [5.74, 6) is 2.69. The summed E-state index contributed by atoms with van der Waals surface area (Å²) in [5, 5.41) is 0. The molecule has 0 saturated heterocycles. The third-order valence-corrected chi connectivity index (χ3v) is 7.62. The van der Waals surface area contributed by atoms with Crippen molar-refractivity contribution in [1.82, 2.24) is 0 Å². The molecule has 176 valence electrons. The average molecular weight is 445 g/mol. The van der Waals surface area contributed by atoms with Crippen LogP contribution in [0.3, 0.4) is 0 Å². The van der Waals surface area contributed by atoms with E-state index in [2.05, 4.69) is 85.5 Å². The number of hydrogen-bond donors (Lipinski definition) is 0. The highest BCUT2D eigenvalue weighted by molar-refractivity contribution is 5.14. The maximum absolute atomic E-state index is 6.29. The first kappa shape index (κ1) is 24.0. The van der Waals surface area contributed by atoms with Gasteiger partial charge in [0.2, 0.25) is 0 Å². The van der Waals surface area contributed by atoms with Crippen LogP contribution in [0.1, 0.15) is 49.7 Å². The molecule has 2 aliphatic carbocycles. The Morgan fingerprint density at radius 2 is 1.24 bits per heavy atom. The van der Waals surface area contributed by atoms with Crippen molar-refractivity contribution in [1.29, 1.82) is 0 Å². The second-order valence-corrected chi connectivity index (χ2v) is 9.91. The molecule has 0 aliphatic heterocycles. The van der Waals surface area contributed by atoms with Crippen molar-refractivity contribution >= 4 is 0 Å². The van der Waals surface area contributed by atoms with Crippen molar-refractivity contribution in [2.45, 2.75) is 51.7 Å². The minimum absolute atomic E-state index is 0.447. The molecule has 2 aromatic carbocycles. The van der Waals surface area contributed by atoms with Gasteiger partial charge in [-0.25, -0.2) is 0 Å². The van der Waals surface area contributed by atoms with Crippen molar-refractivity contribution in [2.75, 3.05) is 13.2 Å².